The number of hydrogen-bond donors (Lipinski definition) is 1. The lowest BCUT2D eigenvalue weighted by Crippen LogP contribution is -1.89. The van der Waals surface area contributed by atoms with Crippen molar-refractivity contribution in [2.45, 2.75) is 16.7 Å². The smallest absolute Gasteiger partial charge is 0.0647 e. The highest BCUT2D eigenvalue weighted by molar-refractivity contribution is 7.99. The van der Waals surface area contributed by atoms with E-state index in [0.29, 0.717) is 10.7 Å². The number of benzene rings is 2. The molecule has 0 aliphatic carbocycles. The normalized spacial score (nSPS) is 10.4. The summed E-state index contributed by atoms with van der Waals surface area (Å²) >= 11 is 7.61. The molecule has 0 saturated heterocycles. The number of aryl methyl sites for hydroxylation is 1. The van der Waals surface area contributed by atoms with Gasteiger partial charge in [-0.1, -0.05) is 47.1 Å². The molecule has 82 valence electrons. The summed E-state index contributed by atoms with van der Waals surface area (Å²) in [5.74, 6) is 0. The van der Waals surface area contributed by atoms with Crippen LogP contribution in [-0.4, -0.2) is 0 Å². The van der Waals surface area contributed by atoms with Gasteiger partial charge in [-0.25, -0.2) is 0 Å². The maximum absolute atomic E-state index is 5.97. The van der Waals surface area contributed by atoms with Crippen molar-refractivity contribution in [3.63, 3.8) is 0 Å². The molecule has 0 spiro atoms. The van der Waals surface area contributed by atoms with Crippen molar-refractivity contribution in [1.29, 1.82) is 0 Å². The summed E-state index contributed by atoms with van der Waals surface area (Å²) in [6, 6.07) is 14.0. The lowest BCUT2D eigenvalue weighted by molar-refractivity contribution is 1.35. The molecular formula is C13H12ClNS. The third kappa shape index (κ3) is 2.52. The van der Waals surface area contributed by atoms with Crippen LogP contribution in [0.3, 0.4) is 0 Å². The first kappa shape index (κ1) is 11.4. The Hall–Kier alpha value is -1.12. The lowest BCUT2D eigenvalue weighted by Gasteiger charge is -2.07. The first-order valence-electron chi connectivity index (χ1n) is 4.95. The van der Waals surface area contributed by atoms with Crippen molar-refractivity contribution in [3.05, 3.63) is 53.1 Å². The first-order valence-corrected chi connectivity index (χ1v) is 6.15. The van der Waals surface area contributed by atoms with Crippen molar-refractivity contribution in [3.8, 4) is 0 Å². The van der Waals surface area contributed by atoms with Gasteiger partial charge in [-0.3, -0.25) is 0 Å². The Morgan fingerprint density at radius 3 is 2.62 bits per heavy atom. The summed E-state index contributed by atoms with van der Waals surface area (Å²) in [7, 11) is 0. The van der Waals surface area contributed by atoms with Crippen molar-refractivity contribution < 1.29 is 0 Å². The molecule has 1 nitrogen and oxygen atoms in total. The molecule has 0 fully saturated rings. The SMILES string of the molecule is Cc1cccc(Sc2cccc(Cl)c2N)c1. The van der Waals surface area contributed by atoms with E-state index in [1.54, 1.807) is 17.8 Å². The predicted octanol–water partition coefficient (Wildman–Crippen LogP) is 4.38. The molecule has 0 aliphatic heterocycles. The molecule has 0 heterocycles. The van der Waals surface area contributed by atoms with E-state index in [1.165, 1.54) is 10.5 Å². The molecule has 2 rings (SSSR count). The number of nitrogens with two attached hydrogens (primary N) is 1. The monoisotopic (exact) mass is 249 g/mol. The van der Waals surface area contributed by atoms with Crippen molar-refractivity contribution in [2.75, 3.05) is 5.73 Å². The van der Waals surface area contributed by atoms with Crippen LogP contribution in [0, 0.1) is 6.92 Å². The van der Waals surface area contributed by atoms with E-state index < -0.39 is 0 Å². The Morgan fingerprint density at radius 2 is 1.88 bits per heavy atom. The molecule has 0 aliphatic rings. The molecule has 0 bridgehead atoms. The van der Waals surface area contributed by atoms with Gasteiger partial charge in [0.05, 0.1) is 10.7 Å². The number of nitrogen functional groups attached to an aromatic ring is 1. The Labute approximate surface area is 105 Å². The average molecular weight is 250 g/mol. The predicted molar refractivity (Wildman–Crippen MR) is 71.2 cm³/mol. The average Bonchev–Trinajstić information content (AvgIpc) is 2.25. The van der Waals surface area contributed by atoms with E-state index in [9.17, 15) is 0 Å². The van der Waals surface area contributed by atoms with E-state index in [1.807, 2.05) is 18.2 Å². The van der Waals surface area contributed by atoms with Crippen LogP contribution in [0.15, 0.2) is 52.3 Å². The van der Waals surface area contributed by atoms with Crippen LogP contribution in [0.2, 0.25) is 5.02 Å². The van der Waals surface area contributed by atoms with E-state index >= 15 is 0 Å². The molecule has 3 heteroatoms. The van der Waals surface area contributed by atoms with Gasteiger partial charge in [-0.2, -0.15) is 0 Å². The second kappa shape index (κ2) is 4.81. The van der Waals surface area contributed by atoms with Gasteiger partial charge in [0.15, 0.2) is 0 Å². The Morgan fingerprint density at radius 1 is 1.12 bits per heavy atom. The van der Waals surface area contributed by atoms with E-state index in [-0.39, 0.29) is 0 Å². The van der Waals surface area contributed by atoms with Crippen LogP contribution >= 0.6 is 23.4 Å². The molecule has 2 aromatic carbocycles. The van der Waals surface area contributed by atoms with Gasteiger partial charge in [0.25, 0.3) is 0 Å². The van der Waals surface area contributed by atoms with E-state index in [4.69, 9.17) is 17.3 Å². The fourth-order valence-corrected chi connectivity index (χ4v) is 2.65. The molecule has 16 heavy (non-hydrogen) atoms. The molecule has 0 unspecified atom stereocenters. The second-order valence-electron chi connectivity index (χ2n) is 3.57. The second-order valence-corrected chi connectivity index (χ2v) is 5.09. The van der Waals surface area contributed by atoms with Gasteiger partial charge in [0, 0.05) is 9.79 Å². The zero-order chi connectivity index (χ0) is 11.5. The topological polar surface area (TPSA) is 26.0 Å². The summed E-state index contributed by atoms with van der Waals surface area (Å²) in [4.78, 5) is 2.17. The fourth-order valence-electron chi connectivity index (χ4n) is 1.41. The van der Waals surface area contributed by atoms with Gasteiger partial charge in [-0.05, 0) is 31.2 Å². The number of para-hydroxylation sites is 1. The van der Waals surface area contributed by atoms with Crippen LogP contribution < -0.4 is 5.73 Å². The Balaban J connectivity index is 2.31. The van der Waals surface area contributed by atoms with Crippen LogP contribution in [0.5, 0.6) is 0 Å². The van der Waals surface area contributed by atoms with Gasteiger partial charge in [-0.15, -0.1) is 0 Å². The quantitative estimate of drug-likeness (QED) is 0.800. The van der Waals surface area contributed by atoms with Crippen LogP contribution in [0.4, 0.5) is 5.69 Å². The van der Waals surface area contributed by atoms with Crippen LogP contribution in [0.1, 0.15) is 5.56 Å². The summed E-state index contributed by atoms with van der Waals surface area (Å²) < 4.78 is 0. The lowest BCUT2D eigenvalue weighted by atomic mass is 10.2. The number of anilines is 1. The zero-order valence-corrected chi connectivity index (χ0v) is 10.5. The molecule has 0 atom stereocenters. The molecular weight excluding hydrogens is 238 g/mol. The van der Waals surface area contributed by atoms with Gasteiger partial charge < -0.3 is 5.73 Å². The summed E-state index contributed by atoms with van der Waals surface area (Å²) in [5, 5.41) is 0.609. The summed E-state index contributed by atoms with van der Waals surface area (Å²) in [6.45, 7) is 2.07. The minimum absolute atomic E-state index is 0.609. The highest BCUT2D eigenvalue weighted by Crippen LogP contribution is 2.35. The summed E-state index contributed by atoms with van der Waals surface area (Å²) in [6.07, 6.45) is 0. The number of hydrogen-bond acceptors (Lipinski definition) is 2. The van der Waals surface area contributed by atoms with Crippen molar-refractivity contribution in [1.82, 2.24) is 0 Å². The maximum atomic E-state index is 5.97. The van der Waals surface area contributed by atoms with E-state index in [2.05, 4.69) is 25.1 Å². The molecule has 0 amide bonds. The standard InChI is InChI=1S/C13H12ClNS/c1-9-4-2-5-10(8-9)16-12-7-3-6-11(14)13(12)15/h2-8H,15H2,1H3. The zero-order valence-electron chi connectivity index (χ0n) is 8.91. The molecule has 2 aromatic rings. The minimum atomic E-state index is 0.609. The van der Waals surface area contributed by atoms with Gasteiger partial charge >= 0.3 is 0 Å². The van der Waals surface area contributed by atoms with Crippen molar-refractivity contribution >= 4 is 29.1 Å². The first-order chi connectivity index (χ1) is 7.66. The summed E-state index contributed by atoms with van der Waals surface area (Å²) in [5.41, 5.74) is 7.81. The van der Waals surface area contributed by atoms with Crippen LogP contribution in [-0.2, 0) is 0 Å². The van der Waals surface area contributed by atoms with Crippen LogP contribution in [0.25, 0.3) is 0 Å². The van der Waals surface area contributed by atoms with Crippen molar-refractivity contribution in [2.24, 2.45) is 0 Å². The molecule has 0 aromatic heterocycles. The third-order valence-corrected chi connectivity index (χ3v) is 3.63. The minimum Gasteiger partial charge on any atom is -0.397 e. The largest absolute Gasteiger partial charge is 0.397 e. The number of rotatable bonds is 2. The van der Waals surface area contributed by atoms with Gasteiger partial charge in [0.1, 0.15) is 0 Å². The molecule has 0 saturated carbocycles. The maximum Gasteiger partial charge on any atom is 0.0647 e. The molecule has 0 radical (unpaired) electrons. The Bertz CT molecular complexity index is 511. The number of halogens is 1. The third-order valence-electron chi connectivity index (χ3n) is 2.23. The fraction of sp³-hybridized carbons (Fsp3) is 0.0769. The molecule has 2 N–H and O–H groups in total. The van der Waals surface area contributed by atoms with Gasteiger partial charge in [0.2, 0.25) is 0 Å². The van der Waals surface area contributed by atoms with E-state index in [0.717, 1.165) is 4.90 Å². The highest BCUT2D eigenvalue weighted by Gasteiger charge is 2.04. The Kier molecular flexibility index (Phi) is 3.42. The highest BCUT2D eigenvalue weighted by atomic mass is 35.5.